The average Bonchev–Trinajstić information content (AvgIpc) is 3.06. The van der Waals surface area contributed by atoms with E-state index in [2.05, 4.69) is 5.32 Å². The lowest BCUT2D eigenvalue weighted by Crippen LogP contribution is -2.17. The molecular weight excluding hydrogens is 422 g/mol. The monoisotopic (exact) mass is 445 g/mol. The molecule has 0 radical (unpaired) electrons. The predicted molar refractivity (Wildman–Crippen MR) is 123 cm³/mol. The number of nitrogens with one attached hydrogen (secondary N) is 1. The first-order valence-electron chi connectivity index (χ1n) is 9.50. The molecule has 0 bridgehead atoms. The Labute approximate surface area is 185 Å². The molecule has 0 unspecified atom stereocenters. The molecule has 0 aromatic heterocycles. The van der Waals surface area contributed by atoms with Gasteiger partial charge in [0.25, 0.3) is 5.91 Å². The second kappa shape index (κ2) is 10.9. The number of thioether (sulfide) groups is 1. The lowest BCUT2D eigenvalue weighted by Gasteiger charge is -2.13. The van der Waals surface area contributed by atoms with Crippen LogP contribution in [0.25, 0.3) is 6.08 Å². The maximum absolute atomic E-state index is 11.8. The van der Waals surface area contributed by atoms with E-state index in [1.54, 1.807) is 13.2 Å². The Morgan fingerprint density at radius 1 is 1.03 bits per heavy atom. The van der Waals surface area contributed by atoms with E-state index in [-0.39, 0.29) is 5.91 Å². The van der Waals surface area contributed by atoms with Crippen LogP contribution in [0.2, 0.25) is 0 Å². The number of rotatable bonds is 10. The summed E-state index contributed by atoms with van der Waals surface area (Å²) in [4.78, 5) is 12.4. The van der Waals surface area contributed by atoms with Gasteiger partial charge in [-0.15, -0.1) is 0 Å². The van der Waals surface area contributed by atoms with Gasteiger partial charge < -0.3 is 24.3 Å². The van der Waals surface area contributed by atoms with Crippen LogP contribution in [-0.2, 0) is 4.79 Å². The summed E-state index contributed by atoms with van der Waals surface area (Å²) in [5.74, 6) is 2.62. The van der Waals surface area contributed by atoms with Crippen LogP contribution in [0.1, 0.15) is 18.9 Å². The Balaban J connectivity index is 1.55. The van der Waals surface area contributed by atoms with Crippen molar-refractivity contribution in [3.8, 4) is 23.0 Å². The second-order valence-electron chi connectivity index (χ2n) is 6.22. The van der Waals surface area contributed by atoms with Crippen molar-refractivity contribution in [1.29, 1.82) is 0 Å². The van der Waals surface area contributed by atoms with Crippen molar-refractivity contribution in [1.82, 2.24) is 5.32 Å². The Morgan fingerprint density at radius 3 is 2.57 bits per heavy atom. The average molecular weight is 446 g/mol. The smallest absolute Gasteiger partial charge is 0.263 e. The van der Waals surface area contributed by atoms with Gasteiger partial charge in [-0.1, -0.05) is 36.1 Å². The van der Waals surface area contributed by atoms with Gasteiger partial charge in [0, 0.05) is 12.5 Å². The molecule has 0 aliphatic carbocycles. The van der Waals surface area contributed by atoms with Crippen LogP contribution in [0.5, 0.6) is 23.0 Å². The fraction of sp³-hybridized carbons (Fsp3) is 0.273. The first kappa shape index (κ1) is 22.0. The molecular formula is C22H23NO5S2. The largest absolute Gasteiger partial charge is 0.497 e. The van der Waals surface area contributed by atoms with Gasteiger partial charge in [0.2, 0.25) is 0 Å². The number of hydrogen-bond acceptors (Lipinski definition) is 7. The van der Waals surface area contributed by atoms with E-state index >= 15 is 0 Å². The Hall–Kier alpha value is -2.71. The standard InChI is InChI=1S/C22H23NO5S2/c1-3-26-19-12-15(13-20-21(24)23-22(29)30-20)8-9-18(19)28-11-5-10-27-17-7-4-6-16(14-17)25-2/h4,6-9,12-14H,3,5,10-11H2,1-2H3,(H,23,24,29). The third kappa shape index (κ3) is 6.14. The van der Waals surface area contributed by atoms with Crippen molar-refractivity contribution < 1.29 is 23.7 Å². The molecule has 1 heterocycles. The van der Waals surface area contributed by atoms with Crippen LogP contribution in [0.15, 0.2) is 47.4 Å². The molecule has 1 aliphatic heterocycles. The van der Waals surface area contributed by atoms with Crippen LogP contribution in [0, 0.1) is 0 Å². The number of amides is 1. The molecule has 0 atom stereocenters. The molecule has 1 fully saturated rings. The van der Waals surface area contributed by atoms with E-state index in [4.69, 9.17) is 31.2 Å². The number of hydrogen-bond donors (Lipinski definition) is 1. The third-order valence-electron chi connectivity index (χ3n) is 4.06. The Kier molecular flexibility index (Phi) is 7.98. The summed E-state index contributed by atoms with van der Waals surface area (Å²) in [7, 11) is 1.63. The van der Waals surface area contributed by atoms with Gasteiger partial charge in [-0.05, 0) is 42.8 Å². The van der Waals surface area contributed by atoms with Crippen LogP contribution in [-0.4, -0.2) is 37.2 Å². The van der Waals surface area contributed by atoms with Gasteiger partial charge in [0.05, 0.1) is 31.8 Å². The van der Waals surface area contributed by atoms with Crippen LogP contribution >= 0.6 is 24.0 Å². The predicted octanol–water partition coefficient (Wildman–Crippen LogP) is 4.43. The number of methoxy groups -OCH3 is 1. The lowest BCUT2D eigenvalue weighted by molar-refractivity contribution is -0.115. The molecule has 0 spiro atoms. The third-order valence-corrected chi connectivity index (χ3v) is 5.23. The number of benzene rings is 2. The summed E-state index contributed by atoms with van der Waals surface area (Å²) < 4.78 is 23.0. The highest BCUT2D eigenvalue weighted by molar-refractivity contribution is 8.26. The quantitative estimate of drug-likeness (QED) is 0.330. The van der Waals surface area contributed by atoms with E-state index in [0.717, 1.165) is 17.1 Å². The minimum Gasteiger partial charge on any atom is -0.497 e. The highest BCUT2D eigenvalue weighted by Gasteiger charge is 2.22. The molecule has 1 aliphatic rings. The molecule has 6 nitrogen and oxygen atoms in total. The summed E-state index contributed by atoms with van der Waals surface area (Å²) in [6.45, 7) is 3.43. The van der Waals surface area contributed by atoms with E-state index in [9.17, 15) is 4.79 Å². The minimum absolute atomic E-state index is 0.181. The maximum Gasteiger partial charge on any atom is 0.263 e. The fourth-order valence-electron chi connectivity index (χ4n) is 2.70. The zero-order valence-corrected chi connectivity index (χ0v) is 18.4. The number of carbonyl (C=O) groups is 1. The van der Waals surface area contributed by atoms with Crippen molar-refractivity contribution in [2.24, 2.45) is 0 Å². The normalized spacial score (nSPS) is 14.5. The molecule has 1 N–H and O–H groups in total. The van der Waals surface area contributed by atoms with Crippen molar-refractivity contribution in [2.75, 3.05) is 26.9 Å². The first-order valence-corrected chi connectivity index (χ1v) is 10.7. The van der Waals surface area contributed by atoms with Crippen molar-refractivity contribution in [2.45, 2.75) is 13.3 Å². The van der Waals surface area contributed by atoms with Gasteiger partial charge in [-0.2, -0.15) is 0 Å². The summed E-state index contributed by atoms with van der Waals surface area (Å²) >= 11 is 6.27. The number of carbonyl (C=O) groups excluding carboxylic acids is 1. The van der Waals surface area contributed by atoms with Gasteiger partial charge in [0.1, 0.15) is 15.8 Å². The van der Waals surface area contributed by atoms with Gasteiger partial charge in [-0.3, -0.25) is 4.79 Å². The lowest BCUT2D eigenvalue weighted by atomic mass is 10.2. The summed E-state index contributed by atoms with van der Waals surface area (Å²) in [6, 6.07) is 13.1. The van der Waals surface area contributed by atoms with Crippen molar-refractivity contribution >= 4 is 40.3 Å². The second-order valence-corrected chi connectivity index (χ2v) is 7.94. The van der Waals surface area contributed by atoms with E-state index < -0.39 is 0 Å². The zero-order chi connectivity index (χ0) is 21.3. The zero-order valence-electron chi connectivity index (χ0n) is 16.8. The Bertz CT molecular complexity index is 945. The van der Waals surface area contributed by atoms with Crippen LogP contribution in [0.4, 0.5) is 0 Å². The highest BCUT2D eigenvalue weighted by Crippen LogP contribution is 2.32. The molecule has 30 heavy (non-hydrogen) atoms. The maximum atomic E-state index is 11.8. The fourth-order valence-corrected chi connectivity index (χ4v) is 3.74. The van der Waals surface area contributed by atoms with Crippen molar-refractivity contribution in [3.05, 3.63) is 52.9 Å². The topological polar surface area (TPSA) is 66.0 Å². The molecule has 2 aromatic carbocycles. The van der Waals surface area contributed by atoms with E-state index in [1.165, 1.54) is 11.8 Å². The van der Waals surface area contributed by atoms with Gasteiger partial charge >= 0.3 is 0 Å². The summed E-state index contributed by atoms with van der Waals surface area (Å²) in [5, 5.41) is 2.61. The van der Waals surface area contributed by atoms with E-state index in [1.807, 2.05) is 49.4 Å². The number of thiocarbonyl (C=S) groups is 1. The Morgan fingerprint density at radius 2 is 1.83 bits per heavy atom. The summed E-state index contributed by atoms with van der Waals surface area (Å²) in [6.07, 6.45) is 2.50. The number of ether oxygens (including phenoxy) is 4. The molecule has 1 saturated heterocycles. The molecule has 2 aromatic rings. The summed E-state index contributed by atoms with van der Waals surface area (Å²) in [5.41, 5.74) is 0.842. The molecule has 0 saturated carbocycles. The van der Waals surface area contributed by atoms with Crippen LogP contribution < -0.4 is 24.3 Å². The van der Waals surface area contributed by atoms with Crippen LogP contribution in [0.3, 0.4) is 0 Å². The van der Waals surface area contributed by atoms with E-state index in [0.29, 0.717) is 47.0 Å². The molecule has 1 amide bonds. The van der Waals surface area contributed by atoms with Crippen molar-refractivity contribution in [3.63, 3.8) is 0 Å². The highest BCUT2D eigenvalue weighted by atomic mass is 32.2. The SMILES string of the molecule is CCOc1cc(C=C2SC(=S)NC2=O)ccc1OCCCOc1cccc(OC)c1. The molecule has 8 heteroatoms. The minimum atomic E-state index is -0.181. The van der Waals surface area contributed by atoms with Gasteiger partial charge in [0.15, 0.2) is 11.5 Å². The van der Waals surface area contributed by atoms with Gasteiger partial charge in [-0.25, -0.2) is 0 Å². The first-order chi connectivity index (χ1) is 14.6. The molecule has 3 rings (SSSR count). The molecule has 158 valence electrons.